The van der Waals surface area contributed by atoms with Crippen molar-refractivity contribution in [2.24, 2.45) is 5.92 Å². The van der Waals surface area contributed by atoms with E-state index in [1.165, 1.54) is 25.1 Å². The van der Waals surface area contributed by atoms with Crippen molar-refractivity contribution in [3.05, 3.63) is 23.8 Å². The fraction of sp³-hybridized carbons (Fsp3) is 0.625. The molecule has 0 bridgehead atoms. The van der Waals surface area contributed by atoms with Crippen LogP contribution in [0.3, 0.4) is 0 Å². The zero-order chi connectivity index (χ0) is 13.9. The highest BCUT2D eigenvalue weighted by atomic mass is 16.6. The molecule has 4 nitrogen and oxygen atoms in total. The molecule has 1 fully saturated rings. The lowest BCUT2D eigenvalue weighted by Gasteiger charge is -2.35. The van der Waals surface area contributed by atoms with Crippen LogP contribution in [0.25, 0.3) is 0 Å². The summed E-state index contributed by atoms with van der Waals surface area (Å²) in [5.74, 6) is 2.45. The molecule has 2 aliphatic heterocycles. The van der Waals surface area contributed by atoms with Crippen LogP contribution in [0.2, 0.25) is 0 Å². The third-order valence-electron chi connectivity index (χ3n) is 4.28. The van der Waals surface area contributed by atoms with E-state index in [0.29, 0.717) is 25.2 Å². The maximum absolute atomic E-state index is 5.63. The summed E-state index contributed by atoms with van der Waals surface area (Å²) in [6.07, 6.45) is 1.22. The van der Waals surface area contributed by atoms with Crippen LogP contribution in [0.15, 0.2) is 18.2 Å². The Bertz CT molecular complexity index is 464. The molecular formula is C16H24N2O2. The SMILES string of the molecule is CC1CN(C)CCC1NCc1ccc2c(c1)OCCO2. The van der Waals surface area contributed by atoms with Crippen LogP contribution in [-0.4, -0.2) is 44.3 Å². The fourth-order valence-electron chi connectivity index (χ4n) is 3.10. The van der Waals surface area contributed by atoms with Gasteiger partial charge in [0.2, 0.25) is 0 Å². The molecule has 1 N–H and O–H groups in total. The summed E-state index contributed by atoms with van der Waals surface area (Å²) in [5, 5.41) is 3.69. The van der Waals surface area contributed by atoms with E-state index >= 15 is 0 Å². The smallest absolute Gasteiger partial charge is 0.161 e. The lowest BCUT2D eigenvalue weighted by molar-refractivity contribution is 0.170. The summed E-state index contributed by atoms with van der Waals surface area (Å²) >= 11 is 0. The third kappa shape index (κ3) is 3.07. The van der Waals surface area contributed by atoms with Crippen LogP contribution >= 0.6 is 0 Å². The van der Waals surface area contributed by atoms with Crippen LogP contribution in [0, 0.1) is 5.92 Å². The van der Waals surface area contributed by atoms with E-state index in [2.05, 4.69) is 36.3 Å². The normalized spacial score (nSPS) is 26.5. The van der Waals surface area contributed by atoms with E-state index < -0.39 is 0 Å². The van der Waals surface area contributed by atoms with Crippen molar-refractivity contribution in [2.45, 2.75) is 25.9 Å². The van der Waals surface area contributed by atoms with E-state index in [9.17, 15) is 0 Å². The number of hydrogen-bond acceptors (Lipinski definition) is 4. The average molecular weight is 276 g/mol. The first kappa shape index (κ1) is 13.7. The van der Waals surface area contributed by atoms with Crippen molar-refractivity contribution in [1.29, 1.82) is 0 Å². The quantitative estimate of drug-likeness (QED) is 0.914. The van der Waals surface area contributed by atoms with Crippen molar-refractivity contribution < 1.29 is 9.47 Å². The summed E-state index contributed by atoms with van der Waals surface area (Å²) in [6, 6.07) is 6.85. The molecule has 2 heterocycles. The van der Waals surface area contributed by atoms with Gasteiger partial charge < -0.3 is 19.7 Å². The lowest BCUT2D eigenvalue weighted by atomic mass is 9.94. The molecule has 0 amide bonds. The van der Waals surface area contributed by atoms with Gasteiger partial charge in [-0.05, 0) is 43.6 Å². The molecule has 0 spiro atoms. The molecule has 1 aromatic carbocycles. The van der Waals surface area contributed by atoms with Crippen molar-refractivity contribution in [3.8, 4) is 11.5 Å². The number of fused-ring (bicyclic) bond motifs is 1. The number of nitrogens with one attached hydrogen (secondary N) is 1. The maximum Gasteiger partial charge on any atom is 0.161 e. The minimum Gasteiger partial charge on any atom is -0.486 e. The van der Waals surface area contributed by atoms with Gasteiger partial charge in [0, 0.05) is 19.1 Å². The molecule has 0 saturated carbocycles. The number of benzene rings is 1. The Balaban J connectivity index is 1.58. The van der Waals surface area contributed by atoms with E-state index in [1.807, 2.05) is 6.07 Å². The highest BCUT2D eigenvalue weighted by molar-refractivity contribution is 5.43. The Labute approximate surface area is 121 Å². The molecule has 0 aromatic heterocycles. The molecule has 20 heavy (non-hydrogen) atoms. The molecule has 1 saturated heterocycles. The van der Waals surface area contributed by atoms with Gasteiger partial charge in [0.05, 0.1) is 0 Å². The van der Waals surface area contributed by atoms with E-state index in [-0.39, 0.29) is 0 Å². The maximum atomic E-state index is 5.63. The van der Waals surface area contributed by atoms with Gasteiger partial charge in [-0.25, -0.2) is 0 Å². The molecule has 0 radical (unpaired) electrons. The van der Waals surface area contributed by atoms with Gasteiger partial charge in [-0.2, -0.15) is 0 Å². The van der Waals surface area contributed by atoms with E-state index in [1.54, 1.807) is 0 Å². The number of hydrogen-bond donors (Lipinski definition) is 1. The number of piperidine rings is 1. The largest absolute Gasteiger partial charge is 0.486 e. The third-order valence-corrected chi connectivity index (χ3v) is 4.28. The molecule has 2 atom stereocenters. The van der Waals surface area contributed by atoms with Gasteiger partial charge in [0.15, 0.2) is 11.5 Å². The standard InChI is InChI=1S/C16H24N2O2/c1-12-11-18(2)6-5-14(12)17-10-13-3-4-15-16(9-13)20-8-7-19-15/h3-4,9,12,14,17H,5-8,10-11H2,1-2H3. The van der Waals surface area contributed by atoms with Crippen molar-refractivity contribution in [1.82, 2.24) is 10.2 Å². The van der Waals surface area contributed by atoms with Crippen molar-refractivity contribution in [3.63, 3.8) is 0 Å². The summed E-state index contributed by atoms with van der Waals surface area (Å²) in [6.45, 7) is 6.89. The second kappa shape index (κ2) is 6.02. The van der Waals surface area contributed by atoms with E-state index in [4.69, 9.17) is 9.47 Å². The molecule has 3 rings (SSSR count). The number of ether oxygens (including phenoxy) is 2. The van der Waals surface area contributed by atoms with Gasteiger partial charge in [-0.3, -0.25) is 0 Å². The summed E-state index contributed by atoms with van der Waals surface area (Å²) < 4.78 is 11.2. The monoisotopic (exact) mass is 276 g/mol. The minimum atomic E-state index is 0.611. The van der Waals surface area contributed by atoms with Crippen LogP contribution < -0.4 is 14.8 Å². The fourth-order valence-corrected chi connectivity index (χ4v) is 3.10. The molecule has 1 aromatic rings. The molecule has 0 aliphatic carbocycles. The number of rotatable bonds is 3. The van der Waals surface area contributed by atoms with Crippen molar-refractivity contribution in [2.75, 3.05) is 33.4 Å². The zero-order valence-electron chi connectivity index (χ0n) is 12.4. The van der Waals surface area contributed by atoms with Gasteiger partial charge in [0.25, 0.3) is 0 Å². The first-order valence-corrected chi connectivity index (χ1v) is 7.53. The van der Waals surface area contributed by atoms with E-state index in [0.717, 1.165) is 18.0 Å². The molecule has 2 aliphatic rings. The van der Waals surface area contributed by atoms with Gasteiger partial charge in [-0.1, -0.05) is 13.0 Å². The number of nitrogens with zero attached hydrogens (tertiary/aromatic N) is 1. The van der Waals surface area contributed by atoms with Crippen LogP contribution in [0.1, 0.15) is 18.9 Å². The summed E-state index contributed by atoms with van der Waals surface area (Å²) in [7, 11) is 2.20. The average Bonchev–Trinajstić information content (AvgIpc) is 2.46. The van der Waals surface area contributed by atoms with Crippen LogP contribution in [0.4, 0.5) is 0 Å². The summed E-state index contributed by atoms with van der Waals surface area (Å²) in [5.41, 5.74) is 1.26. The Morgan fingerprint density at radius 1 is 1.25 bits per heavy atom. The highest BCUT2D eigenvalue weighted by Gasteiger charge is 2.23. The molecule has 4 heteroatoms. The highest BCUT2D eigenvalue weighted by Crippen LogP contribution is 2.30. The first-order valence-electron chi connectivity index (χ1n) is 7.53. The predicted molar refractivity (Wildman–Crippen MR) is 79.3 cm³/mol. The Morgan fingerprint density at radius 3 is 2.85 bits per heavy atom. The topological polar surface area (TPSA) is 33.7 Å². The molecule has 2 unspecified atom stereocenters. The first-order chi connectivity index (χ1) is 9.72. The second-order valence-electron chi connectivity index (χ2n) is 5.99. The Hall–Kier alpha value is -1.26. The van der Waals surface area contributed by atoms with Crippen LogP contribution in [-0.2, 0) is 6.54 Å². The van der Waals surface area contributed by atoms with Crippen LogP contribution in [0.5, 0.6) is 11.5 Å². The van der Waals surface area contributed by atoms with Gasteiger partial charge >= 0.3 is 0 Å². The van der Waals surface area contributed by atoms with Gasteiger partial charge in [-0.15, -0.1) is 0 Å². The molecular weight excluding hydrogens is 252 g/mol. The predicted octanol–water partition coefficient (Wildman–Crippen LogP) is 1.89. The lowest BCUT2D eigenvalue weighted by Crippen LogP contribution is -2.46. The van der Waals surface area contributed by atoms with Gasteiger partial charge in [0.1, 0.15) is 13.2 Å². The molecule has 110 valence electrons. The number of likely N-dealkylation sites (tertiary alicyclic amines) is 1. The Kier molecular flexibility index (Phi) is 4.13. The minimum absolute atomic E-state index is 0.611. The Morgan fingerprint density at radius 2 is 2.05 bits per heavy atom. The second-order valence-corrected chi connectivity index (χ2v) is 5.99. The van der Waals surface area contributed by atoms with Crippen molar-refractivity contribution >= 4 is 0 Å². The summed E-state index contributed by atoms with van der Waals surface area (Å²) in [4.78, 5) is 2.41. The zero-order valence-corrected chi connectivity index (χ0v) is 12.4.